The van der Waals surface area contributed by atoms with Crippen molar-refractivity contribution in [2.45, 2.75) is 30.5 Å². The van der Waals surface area contributed by atoms with E-state index in [-0.39, 0.29) is 17.7 Å². The number of hydrogen-bond donors (Lipinski definition) is 1. The predicted octanol–water partition coefficient (Wildman–Crippen LogP) is 8.33. The molecule has 7 nitrogen and oxygen atoms in total. The van der Waals surface area contributed by atoms with E-state index in [0.717, 1.165) is 22.3 Å². The van der Waals surface area contributed by atoms with Gasteiger partial charge in [-0.05, 0) is 46.0 Å². The Bertz CT molecular complexity index is 2000. The molecular weight excluding hydrogens is 639 g/mol. The zero-order valence-corrected chi connectivity index (χ0v) is 27.7. The van der Waals surface area contributed by atoms with E-state index in [4.69, 9.17) is 31.5 Å². The summed E-state index contributed by atoms with van der Waals surface area (Å²) in [7, 11) is 1.63. The molecule has 2 heterocycles. The van der Waals surface area contributed by atoms with E-state index >= 15 is 4.39 Å². The molecular formula is C40H36ClFN4O3. The first-order valence-corrected chi connectivity index (χ1v) is 16.5. The molecule has 0 amide bonds. The number of hydrogen-bond acceptors (Lipinski definition) is 6. The molecule has 4 aromatic carbocycles. The molecule has 2 unspecified atom stereocenters. The Morgan fingerprint density at radius 2 is 1.43 bits per heavy atom. The van der Waals surface area contributed by atoms with Crippen molar-refractivity contribution in [3.63, 3.8) is 0 Å². The normalized spacial score (nSPS) is 19.4. The van der Waals surface area contributed by atoms with Gasteiger partial charge in [-0.2, -0.15) is 4.98 Å². The second kappa shape index (κ2) is 13.8. The highest BCUT2D eigenvalue weighted by Gasteiger charge is 2.53. The molecule has 1 saturated carbocycles. The lowest BCUT2D eigenvalue weighted by Crippen LogP contribution is -2.42. The Morgan fingerprint density at radius 1 is 0.837 bits per heavy atom. The Kier molecular flexibility index (Phi) is 9.19. The Morgan fingerprint density at radius 3 is 2.04 bits per heavy atom. The number of aromatic nitrogens is 3. The highest BCUT2D eigenvalue weighted by atomic mass is 35.5. The first-order chi connectivity index (χ1) is 23.9. The van der Waals surface area contributed by atoms with E-state index in [9.17, 15) is 0 Å². The topological polar surface area (TPSA) is 84.4 Å². The minimum absolute atomic E-state index is 0.00121. The van der Waals surface area contributed by atoms with Crippen molar-refractivity contribution in [2.75, 3.05) is 19.5 Å². The largest absolute Gasteiger partial charge is 0.497 e. The van der Waals surface area contributed by atoms with Crippen LogP contribution in [0, 0.1) is 5.92 Å². The lowest BCUT2D eigenvalue weighted by molar-refractivity contribution is -0.102. The highest BCUT2D eigenvalue weighted by molar-refractivity contribution is 6.34. The first-order valence-electron chi connectivity index (χ1n) is 16.1. The SMILES string of the molecule is C=C1[C@@H](n2ccc3c(Cl)nc(N)nc32)C(F)C(OC(c2ccccc2)(c2ccccc2)c2ccc(OC)cc2)[C@H]1COCc1ccccc1. The van der Waals surface area contributed by atoms with Crippen LogP contribution in [-0.2, 0) is 21.7 Å². The molecule has 4 atom stereocenters. The minimum Gasteiger partial charge on any atom is -0.497 e. The van der Waals surface area contributed by atoms with Crippen LogP contribution >= 0.6 is 11.6 Å². The Hall–Kier alpha value is -5.02. The van der Waals surface area contributed by atoms with Crippen LogP contribution in [0.3, 0.4) is 0 Å². The number of nitrogen functional groups attached to an aromatic ring is 1. The first kappa shape index (κ1) is 32.5. The molecule has 0 bridgehead atoms. The van der Waals surface area contributed by atoms with Crippen molar-refractivity contribution in [1.82, 2.24) is 14.5 Å². The molecule has 1 aliphatic rings. The van der Waals surface area contributed by atoms with Crippen LogP contribution in [0.1, 0.15) is 28.3 Å². The van der Waals surface area contributed by atoms with Crippen molar-refractivity contribution in [3.8, 4) is 5.75 Å². The number of fused-ring (bicyclic) bond motifs is 1. The van der Waals surface area contributed by atoms with Crippen LogP contribution in [0.5, 0.6) is 5.75 Å². The van der Waals surface area contributed by atoms with Crippen molar-refractivity contribution >= 4 is 28.6 Å². The molecule has 49 heavy (non-hydrogen) atoms. The quantitative estimate of drug-likeness (QED) is 0.0845. The monoisotopic (exact) mass is 674 g/mol. The molecule has 2 aromatic heterocycles. The van der Waals surface area contributed by atoms with Crippen LogP contribution in [0.2, 0.25) is 5.15 Å². The Balaban J connectivity index is 1.37. The van der Waals surface area contributed by atoms with Gasteiger partial charge >= 0.3 is 0 Å². The second-order valence-corrected chi connectivity index (χ2v) is 12.5. The summed E-state index contributed by atoms with van der Waals surface area (Å²) >= 11 is 6.44. The zero-order chi connectivity index (χ0) is 34.0. The number of nitrogens with zero attached hydrogens (tertiary/aromatic N) is 3. The highest BCUT2D eigenvalue weighted by Crippen LogP contribution is 2.50. The number of ether oxygens (including phenoxy) is 3. The smallest absolute Gasteiger partial charge is 0.223 e. The van der Waals surface area contributed by atoms with Crippen molar-refractivity contribution < 1.29 is 18.6 Å². The van der Waals surface area contributed by atoms with E-state index in [1.54, 1.807) is 23.9 Å². The number of anilines is 1. The van der Waals surface area contributed by atoms with Gasteiger partial charge in [-0.15, -0.1) is 0 Å². The van der Waals surface area contributed by atoms with Crippen LogP contribution in [-0.4, -0.2) is 40.5 Å². The molecule has 6 aromatic rings. The maximum absolute atomic E-state index is 17.6. The van der Waals surface area contributed by atoms with Gasteiger partial charge in [0.1, 0.15) is 28.3 Å². The van der Waals surface area contributed by atoms with Gasteiger partial charge in [-0.3, -0.25) is 0 Å². The standard InChI is InChI=1S/C40H36ClFN4O3/c1-26-33(25-48-24-27-12-6-3-7-13-27)36(34(42)35(26)46-23-22-32-37(41)44-39(43)45-38(32)46)49-40(28-14-8-4-9-15-28,29-16-10-5-11-17-29)30-18-20-31(47-2)21-19-30/h3-23,33-36H,1,24-25H2,2H3,(H2,43,44,45)/t33-,34?,35+,36?/m0/s1. The van der Waals surface area contributed by atoms with Crippen molar-refractivity contribution in [2.24, 2.45) is 5.92 Å². The fourth-order valence-electron chi connectivity index (χ4n) is 6.91. The van der Waals surface area contributed by atoms with Gasteiger partial charge in [0.15, 0.2) is 6.17 Å². The van der Waals surface area contributed by atoms with E-state index in [1.165, 1.54) is 0 Å². The van der Waals surface area contributed by atoms with Crippen LogP contribution in [0.25, 0.3) is 11.0 Å². The van der Waals surface area contributed by atoms with E-state index < -0.39 is 29.8 Å². The fourth-order valence-corrected chi connectivity index (χ4v) is 7.15. The maximum Gasteiger partial charge on any atom is 0.223 e. The molecule has 2 N–H and O–H groups in total. The molecule has 0 radical (unpaired) electrons. The van der Waals surface area contributed by atoms with Crippen LogP contribution in [0.4, 0.5) is 10.3 Å². The number of nitrogens with two attached hydrogens (primary N) is 1. The predicted molar refractivity (Wildman–Crippen MR) is 190 cm³/mol. The lowest BCUT2D eigenvalue weighted by Gasteiger charge is -2.40. The Labute approximate surface area is 289 Å². The molecule has 248 valence electrons. The molecule has 0 aliphatic heterocycles. The van der Waals surface area contributed by atoms with Gasteiger partial charge in [0.25, 0.3) is 0 Å². The number of alkyl halides is 1. The molecule has 0 saturated heterocycles. The molecule has 1 fully saturated rings. The van der Waals surface area contributed by atoms with Crippen LogP contribution in [0.15, 0.2) is 140 Å². The van der Waals surface area contributed by atoms with Gasteiger partial charge in [-0.1, -0.05) is 121 Å². The van der Waals surface area contributed by atoms with Gasteiger partial charge in [0, 0.05) is 12.1 Å². The molecule has 1 aliphatic carbocycles. The summed E-state index contributed by atoms with van der Waals surface area (Å²) in [4.78, 5) is 8.54. The second-order valence-electron chi connectivity index (χ2n) is 12.1. The number of benzene rings is 4. The van der Waals surface area contributed by atoms with Crippen molar-refractivity contribution in [3.05, 3.63) is 167 Å². The van der Waals surface area contributed by atoms with Gasteiger partial charge in [-0.25, -0.2) is 9.37 Å². The van der Waals surface area contributed by atoms with E-state index in [0.29, 0.717) is 29.0 Å². The molecule has 9 heteroatoms. The zero-order valence-electron chi connectivity index (χ0n) is 27.0. The van der Waals surface area contributed by atoms with Crippen LogP contribution < -0.4 is 10.5 Å². The number of halogens is 2. The molecule has 7 rings (SSSR count). The van der Waals surface area contributed by atoms with Crippen molar-refractivity contribution in [1.29, 1.82) is 0 Å². The third-order valence-electron chi connectivity index (χ3n) is 9.29. The fraction of sp³-hybridized carbons (Fsp3) is 0.200. The maximum atomic E-state index is 17.6. The average Bonchev–Trinajstić information content (AvgIpc) is 3.65. The third kappa shape index (κ3) is 6.08. The summed E-state index contributed by atoms with van der Waals surface area (Å²) in [6.07, 6.45) is -0.806. The number of methoxy groups -OCH3 is 1. The minimum atomic E-state index is -1.56. The number of rotatable bonds is 11. The average molecular weight is 675 g/mol. The third-order valence-corrected chi connectivity index (χ3v) is 9.58. The summed E-state index contributed by atoms with van der Waals surface area (Å²) < 4.78 is 38.5. The lowest BCUT2D eigenvalue weighted by atomic mass is 9.79. The van der Waals surface area contributed by atoms with E-state index in [2.05, 4.69) is 16.5 Å². The summed E-state index contributed by atoms with van der Waals surface area (Å²) in [5.74, 6) is 0.155. The van der Waals surface area contributed by atoms with Gasteiger partial charge in [0.2, 0.25) is 5.95 Å². The van der Waals surface area contributed by atoms with E-state index in [1.807, 2.05) is 115 Å². The summed E-state index contributed by atoms with van der Waals surface area (Å²) in [5.41, 5.74) is 9.33. The van der Waals surface area contributed by atoms with Gasteiger partial charge in [0.05, 0.1) is 31.8 Å². The molecule has 0 spiro atoms. The summed E-state index contributed by atoms with van der Waals surface area (Å²) in [6, 6.07) is 38.3. The summed E-state index contributed by atoms with van der Waals surface area (Å²) in [6.45, 7) is 5.01. The van der Waals surface area contributed by atoms with Gasteiger partial charge < -0.3 is 24.5 Å². The summed E-state index contributed by atoms with van der Waals surface area (Å²) in [5, 5.41) is 0.765.